The fraction of sp³-hybridized carbons (Fsp3) is 0.226. The molecule has 1 unspecified atom stereocenters. The topological polar surface area (TPSA) is 103 Å². The average Bonchev–Trinajstić information content (AvgIpc) is 3.65. The highest BCUT2D eigenvalue weighted by atomic mass is 32.1. The molecule has 5 rings (SSSR count). The summed E-state index contributed by atoms with van der Waals surface area (Å²) in [6.45, 7) is 1.11. The lowest BCUT2D eigenvalue weighted by Gasteiger charge is -2.29. The van der Waals surface area contributed by atoms with Gasteiger partial charge in [-0.2, -0.15) is 13.2 Å². The molecule has 1 aliphatic rings. The fourth-order valence-electron chi connectivity index (χ4n) is 4.61. The first-order valence-electron chi connectivity index (χ1n) is 13.3. The number of likely N-dealkylation sites (tertiary alicyclic amines) is 1. The number of carboxylic acids is 1. The second kappa shape index (κ2) is 14.0. The van der Waals surface area contributed by atoms with Gasteiger partial charge in [0.25, 0.3) is 5.91 Å². The lowest BCUT2D eigenvalue weighted by atomic mass is 10.2. The third kappa shape index (κ3) is 7.98. The molecule has 4 aromatic rings. The predicted molar refractivity (Wildman–Crippen MR) is 159 cm³/mol. The van der Waals surface area contributed by atoms with Crippen LogP contribution in [0.1, 0.15) is 37.7 Å². The SMILES string of the molecule is CNc1ccc(C(F)(F)F)cc1.O=Cc1sc(N(c2ccccc2)C2CCN(C(=O)c3ccccc3)C2)nc1CC(=O)O. The van der Waals surface area contributed by atoms with E-state index in [1.807, 2.05) is 58.3 Å². The monoisotopic (exact) mass is 610 g/mol. The number of carbonyl (C=O) groups is 3. The fourth-order valence-corrected chi connectivity index (χ4v) is 5.60. The van der Waals surface area contributed by atoms with Gasteiger partial charge >= 0.3 is 12.1 Å². The van der Waals surface area contributed by atoms with Gasteiger partial charge in [-0.15, -0.1) is 0 Å². The van der Waals surface area contributed by atoms with E-state index in [-0.39, 0.29) is 24.1 Å². The summed E-state index contributed by atoms with van der Waals surface area (Å²) < 4.78 is 36.0. The Morgan fingerprint density at radius 1 is 1.05 bits per heavy atom. The van der Waals surface area contributed by atoms with Crippen molar-refractivity contribution in [3.63, 3.8) is 0 Å². The number of para-hydroxylation sites is 1. The predicted octanol–water partition coefficient (Wildman–Crippen LogP) is 6.38. The van der Waals surface area contributed by atoms with E-state index < -0.39 is 17.7 Å². The van der Waals surface area contributed by atoms with Crippen molar-refractivity contribution in [1.29, 1.82) is 0 Å². The molecule has 2 N–H and O–H groups in total. The summed E-state index contributed by atoms with van der Waals surface area (Å²) in [6.07, 6.45) is -3.16. The molecule has 1 aromatic heterocycles. The molecule has 224 valence electrons. The molecule has 1 amide bonds. The minimum absolute atomic E-state index is 0.0182. The van der Waals surface area contributed by atoms with Gasteiger partial charge in [-0.25, -0.2) is 4.98 Å². The maximum Gasteiger partial charge on any atom is 0.416 e. The molecule has 3 aromatic carbocycles. The number of nitrogens with one attached hydrogen (secondary N) is 1. The molecular formula is C31H29F3N4O4S. The van der Waals surface area contributed by atoms with Gasteiger partial charge in [-0.1, -0.05) is 47.7 Å². The number of benzene rings is 3. The maximum atomic E-state index is 12.9. The van der Waals surface area contributed by atoms with Gasteiger partial charge in [-0.3, -0.25) is 14.4 Å². The first-order chi connectivity index (χ1) is 20.6. The van der Waals surface area contributed by atoms with Crippen LogP contribution in [0.15, 0.2) is 84.9 Å². The first kappa shape index (κ1) is 31.2. The zero-order chi connectivity index (χ0) is 31.0. The molecule has 0 bridgehead atoms. The molecule has 0 spiro atoms. The Labute approximate surface area is 250 Å². The molecule has 43 heavy (non-hydrogen) atoms. The Balaban J connectivity index is 0.000000296. The summed E-state index contributed by atoms with van der Waals surface area (Å²) in [5.74, 6) is -1.05. The third-order valence-electron chi connectivity index (χ3n) is 6.72. The van der Waals surface area contributed by atoms with Crippen LogP contribution in [0.25, 0.3) is 0 Å². The van der Waals surface area contributed by atoms with Gasteiger partial charge in [0.05, 0.1) is 28.6 Å². The molecule has 1 aliphatic heterocycles. The highest BCUT2D eigenvalue weighted by molar-refractivity contribution is 7.17. The van der Waals surface area contributed by atoms with Gasteiger partial charge in [0, 0.05) is 37.1 Å². The Kier molecular flexibility index (Phi) is 10.1. The van der Waals surface area contributed by atoms with Crippen LogP contribution >= 0.6 is 11.3 Å². The van der Waals surface area contributed by atoms with E-state index in [1.54, 1.807) is 19.2 Å². The maximum absolute atomic E-state index is 12.9. The molecule has 1 saturated heterocycles. The Bertz CT molecular complexity index is 1530. The Morgan fingerprint density at radius 3 is 2.23 bits per heavy atom. The van der Waals surface area contributed by atoms with Crippen molar-refractivity contribution >= 4 is 46.0 Å². The molecule has 1 atom stereocenters. The number of thiazole rings is 1. The van der Waals surface area contributed by atoms with E-state index >= 15 is 0 Å². The number of alkyl halides is 3. The molecule has 0 radical (unpaired) electrons. The zero-order valence-electron chi connectivity index (χ0n) is 23.1. The van der Waals surface area contributed by atoms with Crippen LogP contribution in [0.3, 0.4) is 0 Å². The van der Waals surface area contributed by atoms with Crippen molar-refractivity contribution in [2.24, 2.45) is 0 Å². The highest BCUT2D eigenvalue weighted by Gasteiger charge is 2.34. The van der Waals surface area contributed by atoms with Crippen LogP contribution in [-0.4, -0.2) is 59.3 Å². The lowest BCUT2D eigenvalue weighted by Crippen LogP contribution is -2.36. The summed E-state index contributed by atoms with van der Waals surface area (Å²) in [6, 6.07) is 23.6. The van der Waals surface area contributed by atoms with Crippen LogP contribution in [0, 0.1) is 0 Å². The van der Waals surface area contributed by atoms with Crippen molar-refractivity contribution in [3.05, 3.63) is 107 Å². The number of hydrogen-bond donors (Lipinski definition) is 2. The quantitative estimate of drug-likeness (QED) is 0.223. The number of rotatable bonds is 8. The van der Waals surface area contributed by atoms with Crippen molar-refractivity contribution < 1.29 is 32.7 Å². The minimum Gasteiger partial charge on any atom is -0.481 e. The number of aldehydes is 1. The van der Waals surface area contributed by atoms with E-state index in [1.165, 1.54) is 23.5 Å². The van der Waals surface area contributed by atoms with E-state index in [9.17, 15) is 27.6 Å². The molecule has 0 saturated carbocycles. The van der Waals surface area contributed by atoms with Gasteiger partial charge < -0.3 is 20.2 Å². The number of hydrogen-bond acceptors (Lipinski definition) is 7. The van der Waals surface area contributed by atoms with Crippen molar-refractivity contribution in [1.82, 2.24) is 9.88 Å². The largest absolute Gasteiger partial charge is 0.481 e. The number of anilines is 3. The Hall–Kier alpha value is -4.71. The van der Waals surface area contributed by atoms with E-state index in [0.717, 1.165) is 24.2 Å². The molecule has 2 heterocycles. The Morgan fingerprint density at radius 2 is 1.67 bits per heavy atom. The highest BCUT2D eigenvalue weighted by Crippen LogP contribution is 2.36. The zero-order valence-corrected chi connectivity index (χ0v) is 23.9. The second-order valence-corrected chi connectivity index (χ2v) is 10.6. The minimum atomic E-state index is -4.24. The number of halogens is 3. The first-order valence-corrected chi connectivity index (χ1v) is 14.1. The number of nitrogens with zero attached hydrogens (tertiary/aromatic N) is 3. The summed E-state index contributed by atoms with van der Waals surface area (Å²) in [5, 5.41) is 12.5. The molecule has 12 heteroatoms. The number of carboxylic acid groups (broad SMARTS) is 1. The van der Waals surface area contributed by atoms with Crippen LogP contribution in [-0.2, 0) is 17.4 Å². The number of carbonyl (C=O) groups excluding carboxylic acids is 2. The van der Waals surface area contributed by atoms with Crippen LogP contribution < -0.4 is 10.2 Å². The lowest BCUT2D eigenvalue weighted by molar-refractivity contribution is -0.138. The summed E-state index contributed by atoms with van der Waals surface area (Å²) in [7, 11) is 1.66. The van der Waals surface area contributed by atoms with Gasteiger partial charge in [0.2, 0.25) is 0 Å². The molecule has 8 nitrogen and oxygen atoms in total. The molecular weight excluding hydrogens is 581 g/mol. The van der Waals surface area contributed by atoms with Gasteiger partial charge in [0.1, 0.15) is 0 Å². The van der Waals surface area contributed by atoms with E-state index in [2.05, 4.69) is 10.3 Å². The summed E-state index contributed by atoms with van der Waals surface area (Å²) in [4.78, 5) is 44.2. The van der Waals surface area contributed by atoms with Crippen LogP contribution in [0.5, 0.6) is 0 Å². The molecule has 0 aliphatic carbocycles. The number of amides is 1. The molecule has 1 fully saturated rings. The smallest absolute Gasteiger partial charge is 0.416 e. The van der Waals surface area contributed by atoms with Crippen LogP contribution in [0.2, 0.25) is 0 Å². The van der Waals surface area contributed by atoms with Crippen molar-refractivity contribution in [3.8, 4) is 0 Å². The average molecular weight is 611 g/mol. The van der Waals surface area contributed by atoms with Crippen molar-refractivity contribution in [2.75, 3.05) is 30.4 Å². The van der Waals surface area contributed by atoms with Crippen molar-refractivity contribution in [2.45, 2.75) is 25.1 Å². The summed E-state index contributed by atoms with van der Waals surface area (Å²) in [5.41, 5.74) is 1.84. The third-order valence-corrected chi connectivity index (χ3v) is 7.74. The standard InChI is InChI=1S/C23H21N3O4S.C8H8F3N/c27-15-20-19(13-21(28)29)24-23(31-20)26(17-9-5-2-6-10-17)18-11-12-25(14-18)22(30)16-7-3-1-4-8-16;1-12-7-4-2-6(3-5-7)8(9,10)11/h1-10,15,18H,11-14H2,(H,28,29);2-5,12H,1H3. The number of aromatic nitrogens is 1. The van der Waals surface area contributed by atoms with E-state index in [4.69, 9.17) is 5.11 Å². The van der Waals surface area contributed by atoms with Gasteiger partial charge in [-0.05, 0) is 55.0 Å². The van der Waals surface area contributed by atoms with E-state index in [0.29, 0.717) is 40.6 Å². The second-order valence-electron chi connectivity index (χ2n) is 9.59. The van der Waals surface area contributed by atoms with Gasteiger partial charge in [0.15, 0.2) is 11.4 Å². The normalized spacial score (nSPS) is 14.4. The number of aliphatic carboxylic acids is 1. The van der Waals surface area contributed by atoms with Crippen LogP contribution in [0.4, 0.5) is 29.7 Å². The summed E-state index contributed by atoms with van der Waals surface area (Å²) >= 11 is 1.18.